The molecule has 0 aromatic rings. The quantitative estimate of drug-likeness (QED) is 0.614. The Morgan fingerprint density at radius 2 is 1.86 bits per heavy atom. The second kappa shape index (κ2) is 5.46. The molecule has 0 aromatic carbocycles. The third kappa shape index (κ3) is 2.53. The summed E-state index contributed by atoms with van der Waals surface area (Å²) in [5.74, 6) is 0.557. The Kier molecular flexibility index (Phi) is 4.08. The van der Waals surface area contributed by atoms with Crippen LogP contribution in [-0.4, -0.2) is 60.6 Å². The van der Waals surface area contributed by atoms with E-state index < -0.39 is 11.7 Å². The molecule has 122 valence electrons. The van der Waals surface area contributed by atoms with Crippen LogP contribution in [0.5, 0.6) is 0 Å². The van der Waals surface area contributed by atoms with Crippen LogP contribution in [0.4, 0.5) is 0 Å². The van der Waals surface area contributed by atoms with E-state index in [1.54, 1.807) is 7.11 Å². The standard InChI is InChI=1S/C16H29NO4/c1-16(2)13(19)8-11-14(20-4)10-7-9(18)5-6-12(10)17(3)15(11)21-16/h9-15,18-19H,5-8H2,1-4H3/p+1/t9?,10?,11?,12?,13-,14?,15?/m0/s1. The van der Waals surface area contributed by atoms with Crippen molar-refractivity contribution in [3.8, 4) is 0 Å². The molecule has 5 heteroatoms. The maximum absolute atomic E-state index is 10.4. The van der Waals surface area contributed by atoms with Gasteiger partial charge in [0.25, 0.3) is 0 Å². The number of aliphatic hydroxyl groups excluding tert-OH is 2. The van der Waals surface area contributed by atoms with Gasteiger partial charge in [-0.25, -0.2) is 0 Å². The number of quaternary nitrogens is 1. The summed E-state index contributed by atoms with van der Waals surface area (Å²) in [6, 6.07) is 0.477. The molecular weight excluding hydrogens is 270 g/mol. The van der Waals surface area contributed by atoms with E-state index in [9.17, 15) is 10.2 Å². The molecule has 3 rings (SSSR count). The van der Waals surface area contributed by atoms with Gasteiger partial charge in [-0.1, -0.05) is 0 Å². The van der Waals surface area contributed by atoms with Gasteiger partial charge in [0, 0.05) is 19.4 Å². The van der Waals surface area contributed by atoms with Crippen LogP contribution in [0, 0.1) is 11.8 Å². The van der Waals surface area contributed by atoms with Crippen LogP contribution in [0.25, 0.3) is 0 Å². The molecule has 0 bridgehead atoms. The Bertz CT molecular complexity index is 388. The maximum Gasteiger partial charge on any atom is 0.197 e. The van der Waals surface area contributed by atoms with E-state index in [-0.39, 0.29) is 24.4 Å². The molecule has 2 heterocycles. The Labute approximate surface area is 127 Å². The normalized spacial score (nSPS) is 52.9. The van der Waals surface area contributed by atoms with Gasteiger partial charge >= 0.3 is 0 Å². The van der Waals surface area contributed by atoms with Crippen LogP contribution in [0.1, 0.15) is 39.5 Å². The van der Waals surface area contributed by atoms with Crippen LogP contribution in [0.15, 0.2) is 0 Å². The minimum Gasteiger partial charge on any atom is -0.393 e. The maximum atomic E-state index is 10.4. The average molecular weight is 300 g/mol. The highest BCUT2D eigenvalue weighted by atomic mass is 16.5. The molecule has 21 heavy (non-hydrogen) atoms. The zero-order chi connectivity index (χ0) is 15.4. The fourth-order valence-electron chi connectivity index (χ4n) is 4.88. The SMILES string of the molecule is COC1C2CC(O)CCC2[NH+](C)C2OC(C)(C)[C@@H](O)CC12. The number of methoxy groups -OCH3 is 1. The van der Waals surface area contributed by atoms with E-state index in [2.05, 4.69) is 7.05 Å². The first-order chi connectivity index (χ1) is 9.85. The van der Waals surface area contributed by atoms with Crippen molar-refractivity contribution in [1.82, 2.24) is 0 Å². The second-order valence-corrected chi connectivity index (χ2v) is 7.74. The molecule has 2 aliphatic heterocycles. The van der Waals surface area contributed by atoms with Crippen molar-refractivity contribution < 1.29 is 24.6 Å². The van der Waals surface area contributed by atoms with Crippen LogP contribution >= 0.6 is 0 Å². The molecule has 0 radical (unpaired) electrons. The number of rotatable bonds is 1. The Balaban J connectivity index is 1.88. The molecular formula is C16H30NO4+. The molecule has 0 spiro atoms. The number of likely N-dealkylation sites (tertiary alicyclic amines) is 1. The van der Waals surface area contributed by atoms with Crippen LogP contribution in [0.2, 0.25) is 0 Å². The lowest BCUT2D eigenvalue weighted by Gasteiger charge is -2.56. The van der Waals surface area contributed by atoms with Crippen LogP contribution in [-0.2, 0) is 9.47 Å². The highest BCUT2D eigenvalue weighted by Gasteiger charge is 2.58. The molecule has 2 saturated heterocycles. The summed E-state index contributed by atoms with van der Waals surface area (Å²) in [6.45, 7) is 3.94. The monoisotopic (exact) mass is 300 g/mol. The van der Waals surface area contributed by atoms with Crippen molar-refractivity contribution in [2.75, 3.05) is 14.2 Å². The van der Waals surface area contributed by atoms with E-state index in [4.69, 9.17) is 9.47 Å². The van der Waals surface area contributed by atoms with Gasteiger partial charge in [0.05, 0.1) is 42.9 Å². The van der Waals surface area contributed by atoms with Crippen molar-refractivity contribution in [1.29, 1.82) is 0 Å². The molecule has 5 nitrogen and oxygen atoms in total. The molecule has 7 unspecified atom stereocenters. The van der Waals surface area contributed by atoms with Gasteiger partial charge in [-0.15, -0.1) is 0 Å². The van der Waals surface area contributed by atoms with Crippen molar-refractivity contribution in [2.45, 2.75) is 75.7 Å². The molecule has 0 amide bonds. The highest BCUT2D eigenvalue weighted by Crippen LogP contribution is 2.41. The highest BCUT2D eigenvalue weighted by molar-refractivity contribution is 4.98. The van der Waals surface area contributed by atoms with Crippen molar-refractivity contribution >= 4 is 0 Å². The Hall–Kier alpha value is -0.200. The van der Waals surface area contributed by atoms with E-state index in [0.717, 1.165) is 19.3 Å². The first-order valence-electron chi connectivity index (χ1n) is 8.25. The molecule has 8 atom stereocenters. The first kappa shape index (κ1) is 15.7. The van der Waals surface area contributed by atoms with Crippen LogP contribution < -0.4 is 4.90 Å². The van der Waals surface area contributed by atoms with E-state index in [1.807, 2.05) is 13.8 Å². The number of nitrogens with one attached hydrogen (secondary N) is 1. The van der Waals surface area contributed by atoms with Crippen molar-refractivity contribution in [3.63, 3.8) is 0 Å². The lowest BCUT2D eigenvalue weighted by atomic mass is 9.68. The summed E-state index contributed by atoms with van der Waals surface area (Å²) < 4.78 is 12.1. The number of piperidine rings is 1. The topological polar surface area (TPSA) is 63.4 Å². The van der Waals surface area contributed by atoms with Gasteiger partial charge in [0.1, 0.15) is 0 Å². The average Bonchev–Trinajstić information content (AvgIpc) is 2.42. The lowest BCUT2D eigenvalue weighted by Crippen LogP contribution is -3.21. The van der Waals surface area contributed by atoms with Gasteiger partial charge in [0.2, 0.25) is 0 Å². The van der Waals surface area contributed by atoms with E-state index in [0.29, 0.717) is 18.4 Å². The van der Waals surface area contributed by atoms with E-state index >= 15 is 0 Å². The van der Waals surface area contributed by atoms with Crippen molar-refractivity contribution in [3.05, 3.63) is 0 Å². The Morgan fingerprint density at radius 1 is 1.14 bits per heavy atom. The minimum atomic E-state index is -0.498. The summed E-state index contributed by atoms with van der Waals surface area (Å²) in [4.78, 5) is 1.39. The largest absolute Gasteiger partial charge is 0.393 e. The summed E-state index contributed by atoms with van der Waals surface area (Å²) in [6.07, 6.45) is 2.89. The Morgan fingerprint density at radius 3 is 2.52 bits per heavy atom. The first-order valence-corrected chi connectivity index (χ1v) is 8.25. The summed E-state index contributed by atoms with van der Waals surface area (Å²) in [5, 5.41) is 20.4. The number of fused-ring (bicyclic) bond motifs is 2. The smallest absolute Gasteiger partial charge is 0.197 e. The molecule has 0 aromatic heterocycles. The van der Waals surface area contributed by atoms with E-state index in [1.165, 1.54) is 4.90 Å². The molecule has 1 aliphatic carbocycles. The van der Waals surface area contributed by atoms with Gasteiger partial charge in [0.15, 0.2) is 6.23 Å². The summed E-state index contributed by atoms with van der Waals surface area (Å²) in [5.41, 5.74) is -0.498. The predicted molar refractivity (Wildman–Crippen MR) is 77.9 cm³/mol. The number of aliphatic hydroxyl groups is 2. The zero-order valence-corrected chi connectivity index (χ0v) is 13.6. The molecule has 3 N–H and O–H groups in total. The number of ether oxygens (including phenoxy) is 2. The van der Waals surface area contributed by atoms with Crippen LogP contribution in [0.3, 0.4) is 0 Å². The second-order valence-electron chi connectivity index (χ2n) is 7.74. The van der Waals surface area contributed by atoms with Gasteiger partial charge in [-0.2, -0.15) is 0 Å². The molecule has 1 saturated carbocycles. The molecule has 3 fully saturated rings. The third-order valence-electron chi connectivity index (χ3n) is 6.14. The van der Waals surface area contributed by atoms with Gasteiger partial charge in [-0.3, -0.25) is 0 Å². The van der Waals surface area contributed by atoms with Gasteiger partial charge < -0.3 is 24.6 Å². The zero-order valence-electron chi connectivity index (χ0n) is 13.6. The number of hydrogen-bond acceptors (Lipinski definition) is 4. The predicted octanol–water partition coefficient (Wildman–Crippen LogP) is -0.439. The van der Waals surface area contributed by atoms with Crippen molar-refractivity contribution in [2.24, 2.45) is 11.8 Å². The number of hydrogen-bond donors (Lipinski definition) is 3. The lowest BCUT2D eigenvalue weighted by molar-refractivity contribution is -0.975. The third-order valence-corrected chi connectivity index (χ3v) is 6.14. The fraction of sp³-hybridized carbons (Fsp3) is 1.00. The summed E-state index contributed by atoms with van der Waals surface area (Å²) in [7, 11) is 3.96. The fourth-order valence-corrected chi connectivity index (χ4v) is 4.88. The summed E-state index contributed by atoms with van der Waals surface area (Å²) >= 11 is 0. The minimum absolute atomic E-state index is 0.0735. The van der Waals surface area contributed by atoms with Gasteiger partial charge in [-0.05, 0) is 33.1 Å². The molecule has 3 aliphatic rings.